The van der Waals surface area contributed by atoms with Crippen LogP contribution in [0.1, 0.15) is 30.9 Å². The van der Waals surface area contributed by atoms with Crippen LogP contribution >= 0.6 is 0 Å². The molecule has 180 valence electrons. The minimum atomic E-state index is -0.471. The van der Waals surface area contributed by atoms with Gasteiger partial charge in [-0.1, -0.05) is 43.7 Å². The molecule has 0 spiro atoms. The summed E-state index contributed by atoms with van der Waals surface area (Å²) in [6, 6.07) is 23.3. The van der Waals surface area contributed by atoms with E-state index < -0.39 is 5.97 Å². The molecule has 0 unspecified atom stereocenters. The molecule has 0 aliphatic heterocycles. The number of benzene rings is 3. The van der Waals surface area contributed by atoms with E-state index in [9.17, 15) is 9.59 Å². The molecule has 3 aromatic carbocycles. The van der Waals surface area contributed by atoms with Crippen molar-refractivity contribution in [1.29, 1.82) is 0 Å². The maximum absolute atomic E-state index is 12.0. The number of hydrogen-bond donors (Lipinski definition) is 1. The summed E-state index contributed by atoms with van der Waals surface area (Å²) in [6.45, 7) is 2.62. The first-order valence-electron chi connectivity index (χ1n) is 11.3. The Morgan fingerprint density at radius 1 is 0.829 bits per heavy atom. The third-order valence-corrected chi connectivity index (χ3v) is 4.67. The van der Waals surface area contributed by atoms with E-state index in [1.54, 1.807) is 42.5 Å². The first kappa shape index (κ1) is 25.2. The van der Waals surface area contributed by atoms with Gasteiger partial charge in [0.1, 0.15) is 17.2 Å². The van der Waals surface area contributed by atoms with E-state index in [0.717, 1.165) is 29.7 Å². The highest BCUT2D eigenvalue weighted by molar-refractivity contribution is 5.89. The summed E-state index contributed by atoms with van der Waals surface area (Å²) in [4.78, 5) is 23.9. The van der Waals surface area contributed by atoms with Gasteiger partial charge in [-0.2, -0.15) is 5.10 Å². The summed E-state index contributed by atoms with van der Waals surface area (Å²) in [5.41, 5.74) is 4.05. The molecule has 35 heavy (non-hydrogen) atoms. The summed E-state index contributed by atoms with van der Waals surface area (Å²) >= 11 is 0. The number of hydrogen-bond acceptors (Lipinski definition) is 6. The Balaban J connectivity index is 1.38. The number of hydrazone groups is 1. The van der Waals surface area contributed by atoms with Gasteiger partial charge in [0.2, 0.25) is 0 Å². The second kappa shape index (κ2) is 14.0. The molecule has 0 fully saturated rings. The molecule has 1 N–H and O–H groups in total. The maximum atomic E-state index is 12.0. The van der Waals surface area contributed by atoms with E-state index >= 15 is 0 Å². The molecule has 3 aromatic rings. The Morgan fingerprint density at radius 2 is 1.49 bits per heavy atom. The van der Waals surface area contributed by atoms with Crippen LogP contribution in [0.5, 0.6) is 17.2 Å². The van der Waals surface area contributed by atoms with Gasteiger partial charge < -0.3 is 14.2 Å². The minimum Gasteiger partial charge on any atom is -0.494 e. The van der Waals surface area contributed by atoms with Gasteiger partial charge in [0.25, 0.3) is 5.91 Å². The topological polar surface area (TPSA) is 86.2 Å². The van der Waals surface area contributed by atoms with Crippen LogP contribution in [0.25, 0.3) is 6.08 Å². The number of nitrogens with one attached hydrogen (secondary N) is 1. The molecule has 3 rings (SSSR count). The third-order valence-electron chi connectivity index (χ3n) is 4.67. The first-order valence-corrected chi connectivity index (χ1v) is 11.3. The van der Waals surface area contributed by atoms with Crippen LogP contribution in [-0.2, 0) is 9.59 Å². The summed E-state index contributed by atoms with van der Waals surface area (Å²) in [5, 5.41) is 3.92. The number of esters is 1. The molecule has 0 atom stereocenters. The fraction of sp³-hybridized carbons (Fsp3) is 0.179. The van der Waals surface area contributed by atoms with Crippen LogP contribution in [0.4, 0.5) is 0 Å². The fourth-order valence-corrected chi connectivity index (χ4v) is 2.83. The lowest BCUT2D eigenvalue weighted by Gasteiger charge is -2.07. The first-order chi connectivity index (χ1) is 17.1. The Hall–Kier alpha value is -4.39. The van der Waals surface area contributed by atoms with Crippen molar-refractivity contribution >= 4 is 24.2 Å². The molecule has 0 aromatic heterocycles. The van der Waals surface area contributed by atoms with Crippen molar-refractivity contribution in [3.05, 3.63) is 96.1 Å². The number of unbranched alkanes of at least 4 members (excludes halogenated alkanes) is 1. The molecule has 1 amide bonds. The average molecular weight is 473 g/mol. The lowest BCUT2D eigenvalue weighted by molar-refractivity contribution is -0.129. The molecular formula is C28H28N2O5. The van der Waals surface area contributed by atoms with Gasteiger partial charge in [0.15, 0.2) is 6.61 Å². The second-order valence-electron chi connectivity index (χ2n) is 7.49. The Kier molecular flexibility index (Phi) is 10.1. The standard InChI is InChI=1S/C28H28N2O5/c1-2-3-19-33-24-14-16-25(17-15-24)34-21-27(31)30-29-20-23-9-12-26(13-10-23)35-28(32)18-11-22-7-5-4-6-8-22/h4-18,20H,2-3,19,21H2,1H3,(H,30,31). The molecule has 0 heterocycles. The number of ether oxygens (including phenoxy) is 3. The Morgan fingerprint density at radius 3 is 2.17 bits per heavy atom. The number of amides is 1. The maximum Gasteiger partial charge on any atom is 0.336 e. The normalized spacial score (nSPS) is 10.9. The van der Waals surface area contributed by atoms with E-state index in [1.807, 2.05) is 42.5 Å². The number of carbonyl (C=O) groups excluding carboxylic acids is 2. The second-order valence-corrected chi connectivity index (χ2v) is 7.49. The molecule has 0 aliphatic carbocycles. The summed E-state index contributed by atoms with van der Waals surface area (Å²) in [6.07, 6.45) is 6.63. The summed E-state index contributed by atoms with van der Waals surface area (Å²) < 4.78 is 16.3. The number of nitrogens with zero attached hydrogens (tertiary/aromatic N) is 1. The molecule has 0 bridgehead atoms. The van der Waals surface area contributed by atoms with Crippen LogP contribution in [0, 0.1) is 0 Å². The smallest absolute Gasteiger partial charge is 0.336 e. The van der Waals surface area contributed by atoms with Gasteiger partial charge in [0, 0.05) is 6.08 Å². The van der Waals surface area contributed by atoms with Crippen molar-refractivity contribution in [2.75, 3.05) is 13.2 Å². The predicted molar refractivity (Wildman–Crippen MR) is 136 cm³/mol. The SMILES string of the molecule is CCCCOc1ccc(OCC(=O)NN=Cc2ccc(OC(=O)C=Cc3ccccc3)cc2)cc1. The molecule has 0 saturated carbocycles. The van der Waals surface area contributed by atoms with Crippen molar-refractivity contribution < 1.29 is 23.8 Å². The molecule has 0 radical (unpaired) electrons. The highest BCUT2D eigenvalue weighted by atomic mass is 16.5. The van der Waals surface area contributed by atoms with Gasteiger partial charge in [-0.3, -0.25) is 4.79 Å². The zero-order chi connectivity index (χ0) is 24.7. The van der Waals surface area contributed by atoms with Crippen LogP contribution in [0.2, 0.25) is 0 Å². The highest BCUT2D eigenvalue weighted by Gasteiger charge is 2.03. The lowest BCUT2D eigenvalue weighted by Crippen LogP contribution is -2.24. The average Bonchev–Trinajstić information content (AvgIpc) is 2.89. The van der Waals surface area contributed by atoms with E-state index in [-0.39, 0.29) is 12.5 Å². The van der Waals surface area contributed by atoms with E-state index in [2.05, 4.69) is 17.5 Å². The van der Waals surface area contributed by atoms with Crippen molar-refractivity contribution in [1.82, 2.24) is 5.43 Å². The summed E-state index contributed by atoms with van der Waals surface area (Å²) in [7, 11) is 0. The van der Waals surface area contributed by atoms with Gasteiger partial charge >= 0.3 is 5.97 Å². The lowest BCUT2D eigenvalue weighted by atomic mass is 10.2. The predicted octanol–water partition coefficient (Wildman–Crippen LogP) is 5.01. The molecule has 0 saturated heterocycles. The van der Waals surface area contributed by atoms with Crippen molar-refractivity contribution in [3.63, 3.8) is 0 Å². The molecular weight excluding hydrogens is 444 g/mol. The third kappa shape index (κ3) is 9.55. The van der Waals surface area contributed by atoms with E-state index in [4.69, 9.17) is 14.2 Å². The highest BCUT2D eigenvalue weighted by Crippen LogP contribution is 2.18. The number of rotatable bonds is 12. The van der Waals surface area contributed by atoms with Crippen LogP contribution in [-0.4, -0.2) is 31.3 Å². The van der Waals surface area contributed by atoms with Crippen LogP contribution < -0.4 is 19.6 Å². The van der Waals surface area contributed by atoms with Crippen LogP contribution in [0.3, 0.4) is 0 Å². The monoisotopic (exact) mass is 472 g/mol. The quantitative estimate of drug-likeness (QED) is 0.1000. The molecule has 0 aliphatic rings. The molecule has 7 heteroatoms. The molecule has 7 nitrogen and oxygen atoms in total. The van der Waals surface area contributed by atoms with Gasteiger partial charge in [-0.05, 0) is 72.2 Å². The van der Waals surface area contributed by atoms with Gasteiger partial charge in [0.05, 0.1) is 12.8 Å². The Labute approximate surface area is 205 Å². The zero-order valence-corrected chi connectivity index (χ0v) is 19.6. The fourth-order valence-electron chi connectivity index (χ4n) is 2.83. The van der Waals surface area contributed by atoms with Gasteiger partial charge in [-0.15, -0.1) is 0 Å². The Bertz CT molecular complexity index is 1120. The zero-order valence-electron chi connectivity index (χ0n) is 19.6. The van der Waals surface area contributed by atoms with E-state index in [1.165, 1.54) is 12.3 Å². The summed E-state index contributed by atoms with van der Waals surface area (Å²) in [5.74, 6) is 0.880. The van der Waals surface area contributed by atoms with E-state index in [0.29, 0.717) is 18.1 Å². The number of carbonyl (C=O) groups is 2. The minimum absolute atomic E-state index is 0.168. The van der Waals surface area contributed by atoms with Crippen LogP contribution in [0.15, 0.2) is 90.0 Å². The van der Waals surface area contributed by atoms with Crippen molar-refractivity contribution in [2.24, 2.45) is 5.10 Å². The van der Waals surface area contributed by atoms with Gasteiger partial charge in [-0.25, -0.2) is 10.2 Å². The van der Waals surface area contributed by atoms with Crippen molar-refractivity contribution in [2.45, 2.75) is 19.8 Å². The van der Waals surface area contributed by atoms with Crippen molar-refractivity contribution in [3.8, 4) is 17.2 Å². The largest absolute Gasteiger partial charge is 0.494 e.